The van der Waals surface area contributed by atoms with E-state index in [0.717, 1.165) is 90.1 Å². The van der Waals surface area contributed by atoms with Crippen molar-refractivity contribution in [1.82, 2.24) is 21.3 Å². The van der Waals surface area contributed by atoms with Crippen molar-refractivity contribution in [2.45, 2.75) is 141 Å². The van der Waals surface area contributed by atoms with Crippen LogP contribution in [0.1, 0.15) is 111 Å². The van der Waals surface area contributed by atoms with Gasteiger partial charge in [0, 0.05) is 25.4 Å². The van der Waals surface area contributed by atoms with Crippen molar-refractivity contribution in [2.24, 2.45) is 46.3 Å². The zero-order chi connectivity index (χ0) is 33.5. The first-order valence-electron chi connectivity index (χ1n) is 18.8. The second-order valence-corrected chi connectivity index (χ2v) is 16.6. The highest BCUT2D eigenvalue weighted by atomic mass is 16.5. The van der Waals surface area contributed by atoms with E-state index in [9.17, 15) is 19.2 Å². The Hall–Kier alpha value is -2.20. The maximum absolute atomic E-state index is 13.9. The van der Waals surface area contributed by atoms with Crippen LogP contribution >= 0.6 is 0 Å². The van der Waals surface area contributed by atoms with E-state index in [1.54, 1.807) is 0 Å². The molecule has 2 amide bonds. The predicted octanol–water partition coefficient (Wildman–Crippen LogP) is 3.86. The van der Waals surface area contributed by atoms with E-state index >= 15 is 0 Å². The number of hydrogen-bond donors (Lipinski definition) is 4. The summed E-state index contributed by atoms with van der Waals surface area (Å²) in [6, 6.07) is -0.249. The fourth-order valence-electron chi connectivity index (χ4n) is 11.9. The van der Waals surface area contributed by atoms with Crippen molar-refractivity contribution in [3.8, 4) is 0 Å². The first kappa shape index (κ1) is 34.7. The lowest BCUT2D eigenvalue weighted by Gasteiger charge is -2.65. The minimum Gasteiger partial charge on any atom is -0.469 e. The first-order chi connectivity index (χ1) is 22.4. The molecule has 6 rings (SSSR count). The van der Waals surface area contributed by atoms with E-state index in [1.165, 1.54) is 14.0 Å². The van der Waals surface area contributed by atoms with E-state index in [-0.39, 0.29) is 64.9 Å². The number of amides is 2. The summed E-state index contributed by atoms with van der Waals surface area (Å²) in [6.45, 7) is 10.4. The van der Waals surface area contributed by atoms with Crippen LogP contribution in [0.25, 0.3) is 0 Å². The van der Waals surface area contributed by atoms with Crippen LogP contribution < -0.4 is 21.3 Å². The van der Waals surface area contributed by atoms with Crippen molar-refractivity contribution < 1.29 is 28.7 Å². The number of esters is 2. The van der Waals surface area contributed by atoms with Gasteiger partial charge in [0.15, 0.2) is 0 Å². The van der Waals surface area contributed by atoms with E-state index in [4.69, 9.17) is 9.47 Å². The smallest absolute Gasteiger partial charge is 0.305 e. The molecular formula is C37H60N4O6. The monoisotopic (exact) mass is 656 g/mol. The molecule has 0 unspecified atom stereocenters. The molecule has 6 aliphatic rings. The lowest BCUT2D eigenvalue weighted by molar-refractivity contribution is -0.170. The Balaban J connectivity index is 1.35. The zero-order valence-corrected chi connectivity index (χ0v) is 29.4. The van der Waals surface area contributed by atoms with Gasteiger partial charge in [-0.05, 0) is 136 Å². The molecule has 6 fully saturated rings. The largest absolute Gasteiger partial charge is 0.469 e. The van der Waals surface area contributed by atoms with Crippen LogP contribution in [0.3, 0.4) is 0 Å². The lowest BCUT2D eigenvalue weighted by Crippen LogP contribution is -2.68. The van der Waals surface area contributed by atoms with Crippen LogP contribution in [0.4, 0.5) is 0 Å². The van der Waals surface area contributed by atoms with Gasteiger partial charge in [0.1, 0.15) is 6.10 Å². The van der Waals surface area contributed by atoms with Gasteiger partial charge in [-0.2, -0.15) is 0 Å². The Labute approximate surface area is 281 Å². The number of ether oxygens (including phenoxy) is 2. The van der Waals surface area contributed by atoms with Crippen molar-refractivity contribution in [2.75, 3.05) is 20.2 Å². The summed E-state index contributed by atoms with van der Waals surface area (Å²) in [7, 11) is 1.45. The molecule has 264 valence electrons. The summed E-state index contributed by atoms with van der Waals surface area (Å²) in [5.41, 5.74) is -0.143. The molecule has 10 nitrogen and oxygen atoms in total. The van der Waals surface area contributed by atoms with Crippen LogP contribution in [0.5, 0.6) is 0 Å². The van der Waals surface area contributed by atoms with Gasteiger partial charge in [-0.3, -0.25) is 19.2 Å². The number of carbonyl (C=O) groups excluding carboxylic acids is 4. The molecule has 0 aromatic carbocycles. The maximum Gasteiger partial charge on any atom is 0.305 e. The van der Waals surface area contributed by atoms with Gasteiger partial charge in [0.2, 0.25) is 11.8 Å². The van der Waals surface area contributed by atoms with Crippen LogP contribution in [-0.2, 0) is 28.7 Å². The number of nitrogens with one attached hydrogen (secondary N) is 4. The fourth-order valence-corrected chi connectivity index (χ4v) is 11.9. The molecule has 0 radical (unpaired) electrons. The van der Waals surface area contributed by atoms with Gasteiger partial charge in [0.05, 0.1) is 19.2 Å². The summed E-state index contributed by atoms with van der Waals surface area (Å²) < 4.78 is 10.8. The number of carbonyl (C=O) groups is 4. The number of hydrogen-bond acceptors (Lipinski definition) is 8. The van der Waals surface area contributed by atoms with Crippen LogP contribution in [0, 0.1) is 46.3 Å². The average Bonchev–Trinajstić information content (AvgIpc) is 3.82. The highest BCUT2D eigenvalue weighted by molar-refractivity contribution is 5.83. The summed E-state index contributed by atoms with van der Waals surface area (Å²) in [5, 5.41) is 14.1. The first-order valence-corrected chi connectivity index (χ1v) is 18.8. The SMILES string of the molecule is COC(=O)CC[C@@H](C)[C@H]1CC[C@H]2[C@@H]3[C@H](NC(=O)[C@@H]4CCCN4)C[C@@H]4C[C@H](OC(C)=O)CC[C@]4(C)[C@H]3C[C@H](NC(=O)[C@@H]3CCCN3)[C@]12C. The summed E-state index contributed by atoms with van der Waals surface area (Å²) in [6.07, 6.45) is 11.4. The van der Waals surface area contributed by atoms with E-state index in [2.05, 4.69) is 42.0 Å². The quantitative estimate of drug-likeness (QED) is 0.275. The van der Waals surface area contributed by atoms with Crippen LogP contribution in [-0.4, -0.2) is 74.2 Å². The molecule has 10 heteroatoms. The van der Waals surface area contributed by atoms with Crippen molar-refractivity contribution >= 4 is 23.8 Å². The van der Waals surface area contributed by atoms with Crippen molar-refractivity contribution in [3.05, 3.63) is 0 Å². The lowest BCUT2D eigenvalue weighted by atomic mass is 9.42. The average molecular weight is 657 g/mol. The Bertz CT molecular complexity index is 1190. The fraction of sp³-hybridized carbons (Fsp3) is 0.892. The molecule has 4 N–H and O–H groups in total. The van der Waals surface area contributed by atoms with Crippen LogP contribution in [0.2, 0.25) is 0 Å². The van der Waals surface area contributed by atoms with Crippen molar-refractivity contribution in [3.63, 3.8) is 0 Å². The molecule has 2 aliphatic heterocycles. The predicted molar refractivity (Wildman–Crippen MR) is 178 cm³/mol. The Morgan fingerprint density at radius 3 is 2.17 bits per heavy atom. The molecule has 0 spiro atoms. The molecule has 4 aliphatic carbocycles. The Kier molecular flexibility index (Phi) is 10.3. The third kappa shape index (κ3) is 6.59. The Morgan fingerprint density at radius 1 is 0.872 bits per heavy atom. The molecule has 13 atom stereocenters. The number of rotatable bonds is 9. The van der Waals surface area contributed by atoms with Gasteiger partial charge in [-0.25, -0.2) is 0 Å². The highest BCUT2D eigenvalue weighted by Crippen LogP contribution is 2.68. The summed E-state index contributed by atoms with van der Waals surface area (Å²) in [5.74, 6) is 1.76. The molecule has 2 heterocycles. The Morgan fingerprint density at radius 2 is 1.55 bits per heavy atom. The summed E-state index contributed by atoms with van der Waals surface area (Å²) >= 11 is 0. The van der Waals surface area contributed by atoms with Crippen molar-refractivity contribution in [1.29, 1.82) is 0 Å². The third-order valence-electron chi connectivity index (χ3n) is 14.3. The maximum atomic E-state index is 13.9. The molecular weight excluding hydrogens is 596 g/mol. The second kappa shape index (κ2) is 14.0. The van der Waals surface area contributed by atoms with Crippen LogP contribution in [0.15, 0.2) is 0 Å². The van der Waals surface area contributed by atoms with Gasteiger partial charge < -0.3 is 30.7 Å². The molecule has 0 aromatic rings. The molecule has 0 aromatic heterocycles. The molecule has 2 saturated heterocycles. The van der Waals surface area contributed by atoms with Gasteiger partial charge in [-0.15, -0.1) is 0 Å². The molecule has 47 heavy (non-hydrogen) atoms. The topological polar surface area (TPSA) is 135 Å². The van der Waals surface area contributed by atoms with Gasteiger partial charge >= 0.3 is 11.9 Å². The van der Waals surface area contributed by atoms with E-state index < -0.39 is 0 Å². The summed E-state index contributed by atoms with van der Waals surface area (Å²) in [4.78, 5) is 51.8. The normalized spacial score (nSPS) is 43.2. The molecule has 0 bridgehead atoms. The second-order valence-electron chi connectivity index (χ2n) is 16.6. The molecule has 4 saturated carbocycles. The minimum absolute atomic E-state index is 0.00588. The standard InChI is InChI=1S/C37H60N4O6/c1-21(10-13-32(43)46-5)25-11-12-26-33-27(20-31(37(25,26)4)41-35(45)29-9-7-17-39-29)36(3)15-14-24(47-22(2)42)18-23(36)19-30(33)40-34(44)28-8-6-16-38-28/h21,23-31,33,38-39H,6-20H2,1-5H3,(H,40,44)(H,41,45)/t21-,23+,24-,25-,26+,27+,28+,29+,30-,31+,33+,36+,37-/m1/s1. The van der Waals surface area contributed by atoms with E-state index in [1.807, 2.05) is 0 Å². The number of fused-ring (bicyclic) bond motifs is 5. The zero-order valence-electron chi connectivity index (χ0n) is 29.4. The van der Waals surface area contributed by atoms with Gasteiger partial charge in [0.25, 0.3) is 0 Å². The third-order valence-corrected chi connectivity index (χ3v) is 14.3. The van der Waals surface area contributed by atoms with E-state index in [0.29, 0.717) is 41.9 Å². The minimum atomic E-state index is -0.223. The highest BCUT2D eigenvalue weighted by Gasteiger charge is 2.66. The van der Waals surface area contributed by atoms with Gasteiger partial charge in [-0.1, -0.05) is 20.8 Å². The number of methoxy groups -OCH3 is 1.